The topological polar surface area (TPSA) is 78.3 Å². The number of rotatable bonds is 10. The lowest BCUT2D eigenvalue weighted by Crippen LogP contribution is -2.15. The van der Waals surface area contributed by atoms with Crippen LogP contribution in [0, 0.1) is 13.8 Å². The summed E-state index contributed by atoms with van der Waals surface area (Å²) in [6.45, 7) is 8.56. The van der Waals surface area contributed by atoms with Gasteiger partial charge in [0.15, 0.2) is 11.0 Å². The number of amides is 1. The summed E-state index contributed by atoms with van der Waals surface area (Å²) in [6, 6.07) is 13.5. The second kappa shape index (κ2) is 10.7. The number of carbonyl (C=O) groups is 1. The highest BCUT2D eigenvalue weighted by molar-refractivity contribution is 7.99. The molecule has 8 heteroatoms. The molecule has 31 heavy (non-hydrogen) atoms. The van der Waals surface area contributed by atoms with Crippen LogP contribution in [0.15, 0.2) is 60.3 Å². The van der Waals surface area contributed by atoms with Crippen LogP contribution >= 0.6 is 11.8 Å². The number of aryl methyl sites for hydroxylation is 2. The molecule has 0 aliphatic rings. The zero-order chi connectivity index (χ0) is 22.2. The Kier molecular flexibility index (Phi) is 7.72. The van der Waals surface area contributed by atoms with Gasteiger partial charge in [-0.15, -0.1) is 16.8 Å². The predicted molar refractivity (Wildman–Crippen MR) is 123 cm³/mol. The Balaban J connectivity index is 1.65. The number of nitrogens with one attached hydrogen (secondary N) is 1. The van der Waals surface area contributed by atoms with Crippen LogP contribution in [-0.2, 0) is 17.9 Å². The number of nitrogens with zero attached hydrogens (tertiary/aromatic N) is 3. The molecule has 0 fully saturated rings. The van der Waals surface area contributed by atoms with Crippen molar-refractivity contribution in [2.45, 2.75) is 32.2 Å². The maximum Gasteiger partial charge on any atom is 0.234 e. The van der Waals surface area contributed by atoms with Crippen LogP contribution in [0.4, 0.5) is 5.69 Å². The van der Waals surface area contributed by atoms with E-state index >= 15 is 0 Å². The van der Waals surface area contributed by atoms with Crippen LogP contribution in [0.5, 0.6) is 11.5 Å². The first-order valence-corrected chi connectivity index (χ1v) is 10.8. The van der Waals surface area contributed by atoms with E-state index in [1.54, 1.807) is 13.2 Å². The van der Waals surface area contributed by atoms with E-state index in [-0.39, 0.29) is 18.3 Å². The predicted octanol–water partition coefficient (Wildman–Crippen LogP) is 4.40. The van der Waals surface area contributed by atoms with Crippen molar-refractivity contribution in [3.63, 3.8) is 0 Å². The number of benzene rings is 2. The van der Waals surface area contributed by atoms with Crippen molar-refractivity contribution in [2.24, 2.45) is 0 Å². The summed E-state index contributed by atoms with van der Waals surface area (Å²) in [5.74, 6) is 2.13. The van der Waals surface area contributed by atoms with E-state index < -0.39 is 0 Å². The molecule has 0 radical (unpaired) electrons. The molecule has 0 saturated carbocycles. The smallest absolute Gasteiger partial charge is 0.234 e. The number of hydrogen-bond donors (Lipinski definition) is 1. The molecule has 1 amide bonds. The summed E-state index contributed by atoms with van der Waals surface area (Å²) in [7, 11) is 1.58. The number of ether oxygens (including phenoxy) is 2. The Bertz CT molecular complexity index is 1060. The Morgan fingerprint density at radius 3 is 2.74 bits per heavy atom. The van der Waals surface area contributed by atoms with Gasteiger partial charge in [0.1, 0.15) is 18.1 Å². The SMILES string of the molecule is C=CCn1c(COc2ccccc2C)nnc1SCC(=O)Nc1cc(C)ccc1OC. The van der Waals surface area contributed by atoms with Gasteiger partial charge in [0, 0.05) is 6.54 Å². The Morgan fingerprint density at radius 2 is 2.00 bits per heavy atom. The van der Waals surface area contributed by atoms with Crippen LogP contribution in [0.3, 0.4) is 0 Å². The minimum absolute atomic E-state index is 0.153. The normalized spacial score (nSPS) is 10.5. The molecule has 0 bridgehead atoms. The van der Waals surface area contributed by atoms with Gasteiger partial charge in [0.25, 0.3) is 0 Å². The van der Waals surface area contributed by atoms with E-state index in [2.05, 4.69) is 22.1 Å². The van der Waals surface area contributed by atoms with Crippen LogP contribution in [-0.4, -0.2) is 33.5 Å². The summed E-state index contributed by atoms with van der Waals surface area (Å²) in [5, 5.41) is 12.0. The van der Waals surface area contributed by atoms with Gasteiger partial charge in [-0.3, -0.25) is 9.36 Å². The van der Waals surface area contributed by atoms with Gasteiger partial charge in [-0.05, 0) is 43.2 Å². The Labute approximate surface area is 186 Å². The molecule has 3 aromatic rings. The summed E-state index contributed by atoms with van der Waals surface area (Å²) in [5.41, 5.74) is 2.73. The monoisotopic (exact) mass is 438 g/mol. The molecule has 0 aliphatic carbocycles. The first-order chi connectivity index (χ1) is 15.0. The number of anilines is 1. The zero-order valence-electron chi connectivity index (χ0n) is 17.9. The van der Waals surface area contributed by atoms with Crippen LogP contribution in [0.2, 0.25) is 0 Å². The highest BCUT2D eigenvalue weighted by Gasteiger charge is 2.15. The summed E-state index contributed by atoms with van der Waals surface area (Å²) in [6.07, 6.45) is 1.77. The second-order valence-corrected chi connectivity index (χ2v) is 7.84. The third-order valence-electron chi connectivity index (χ3n) is 4.52. The first-order valence-electron chi connectivity index (χ1n) is 9.80. The van der Waals surface area contributed by atoms with Gasteiger partial charge in [-0.1, -0.05) is 42.1 Å². The number of allylic oxidation sites excluding steroid dienone is 1. The molecule has 3 rings (SSSR count). The molecule has 0 spiro atoms. The zero-order valence-corrected chi connectivity index (χ0v) is 18.7. The molecule has 1 aromatic heterocycles. The quantitative estimate of drug-likeness (QED) is 0.373. The summed E-state index contributed by atoms with van der Waals surface area (Å²) in [4.78, 5) is 12.5. The fourth-order valence-electron chi connectivity index (χ4n) is 2.94. The number of hydrogen-bond acceptors (Lipinski definition) is 6. The molecule has 0 aliphatic heterocycles. The van der Waals surface area contributed by atoms with Crippen LogP contribution in [0.25, 0.3) is 0 Å². The molecular weight excluding hydrogens is 412 g/mol. The molecule has 0 atom stereocenters. The van der Waals surface area contributed by atoms with E-state index in [9.17, 15) is 4.79 Å². The summed E-state index contributed by atoms with van der Waals surface area (Å²) >= 11 is 1.31. The average molecular weight is 439 g/mol. The molecule has 0 saturated heterocycles. The van der Waals surface area contributed by atoms with Gasteiger partial charge >= 0.3 is 0 Å². The van der Waals surface area contributed by atoms with E-state index in [1.807, 2.05) is 60.9 Å². The van der Waals surface area contributed by atoms with E-state index in [0.29, 0.717) is 29.0 Å². The maximum absolute atomic E-state index is 12.5. The van der Waals surface area contributed by atoms with Crippen LogP contribution in [0.1, 0.15) is 17.0 Å². The van der Waals surface area contributed by atoms with Crippen LogP contribution < -0.4 is 14.8 Å². The third-order valence-corrected chi connectivity index (χ3v) is 5.48. The lowest BCUT2D eigenvalue weighted by atomic mass is 10.2. The fourth-order valence-corrected chi connectivity index (χ4v) is 3.71. The average Bonchev–Trinajstić information content (AvgIpc) is 3.14. The second-order valence-electron chi connectivity index (χ2n) is 6.89. The number of aromatic nitrogens is 3. The molecule has 162 valence electrons. The van der Waals surface area contributed by atoms with Crippen molar-refractivity contribution < 1.29 is 14.3 Å². The molecule has 1 heterocycles. The molecule has 2 aromatic carbocycles. The molecular formula is C23H26N4O3S. The Morgan fingerprint density at radius 1 is 1.19 bits per heavy atom. The minimum Gasteiger partial charge on any atom is -0.495 e. The first kappa shape index (κ1) is 22.4. The van der Waals surface area contributed by atoms with Gasteiger partial charge in [0.2, 0.25) is 5.91 Å². The number of thioether (sulfide) groups is 1. The number of para-hydroxylation sites is 1. The van der Waals surface area contributed by atoms with E-state index in [4.69, 9.17) is 9.47 Å². The van der Waals surface area contributed by atoms with Gasteiger partial charge in [-0.2, -0.15) is 0 Å². The van der Waals surface area contributed by atoms with E-state index in [0.717, 1.165) is 16.9 Å². The highest BCUT2D eigenvalue weighted by Crippen LogP contribution is 2.26. The van der Waals surface area contributed by atoms with Crippen molar-refractivity contribution in [2.75, 3.05) is 18.2 Å². The van der Waals surface area contributed by atoms with Gasteiger partial charge < -0.3 is 14.8 Å². The van der Waals surface area contributed by atoms with E-state index in [1.165, 1.54) is 11.8 Å². The lowest BCUT2D eigenvalue weighted by Gasteiger charge is -2.12. The number of methoxy groups -OCH3 is 1. The van der Waals surface area contributed by atoms with Crippen molar-refractivity contribution in [3.8, 4) is 11.5 Å². The van der Waals surface area contributed by atoms with Crippen molar-refractivity contribution in [1.82, 2.24) is 14.8 Å². The molecule has 1 N–H and O–H groups in total. The highest BCUT2D eigenvalue weighted by atomic mass is 32.2. The van der Waals surface area contributed by atoms with Crippen molar-refractivity contribution in [3.05, 3.63) is 72.1 Å². The van der Waals surface area contributed by atoms with Gasteiger partial charge in [-0.25, -0.2) is 0 Å². The van der Waals surface area contributed by atoms with Gasteiger partial charge in [0.05, 0.1) is 18.6 Å². The molecule has 7 nitrogen and oxygen atoms in total. The maximum atomic E-state index is 12.5. The standard InChI is InChI=1S/C23H26N4O3S/c1-5-12-27-21(14-30-19-9-7-6-8-17(19)3)25-26-23(27)31-15-22(28)24-18-13-16(2)10-11-20(18)29-4/h5-11,13H,1,12,14-15H2,2-4H3,(H,24,28). The minimum atomic E-state index is -0.153. The summed E-state index contributed by atoms with van der Waals surface area (Å²) < 4.78 is 13.1. The van der Waals surface area contributed by atoms with Crippen molar-refractivity contribution in [1.29, 1.82) is 0 Å². The molecule has 0 unspecified atom stereocenters. The van der Waals surface area contributed by atoms with Crippen molar-refractivity contribution >= 4 is 23.4 Å². The third kappa shape index (κ3) is 5.88. The fraction of sp³-hybridized carbons (Fsp3) is 0.261. The Hall–Kier alpha value is -3.26. The number of carbonyl (C=O) groups excluding carboxylic acids is 1. The largest absolute Gasteiger partial charge is 0.495 e. The lowest BCUT2D eigenvalue weighted by molar-refractivity contribution is -0.113.